The minimum atomic E-state index is 0.519. The first-order chi connectivity index (χ1) is 6.66. The summed E-state index contributed by atoms with van der Waals surface area (Å²) in [5.74, 6) is 1.28. The number of aliphatic imine (C=N–C) groups is 1. The SMILES string of the molecule is NC(=Nc1ccc(Br)cc1Br)C1CC1. The maximum absolute atomic E-state index is 5.84. The monoisotopic (exact) mass is 316 g/mol. The Labute approximate surface area is 99.9 Å². The molecule has 0 amide bonds. The lowest BCUT2D eigenvalue weighted by Crippen LogP contribution is -2.13. The van der Waals surface area contributed by atoms with Crippen LogP contribution in [0.2, 0.25) is 0 Å². The Bertz CT molecular complexity index is 384. The predicted octanol–water partition coefficient (Wildman–Crippen LogP) is 3.61. The third-order valence-corrected chi connectivity index (χ3v) is 3.28. The summed E-state index contributed by atoms with van der Waals surface area (Å²) in [5.41, 5.74) is 6.74. The maximum Gasteiger partial charge on any atom is 0.103 e. The quantitative estimate of drug-likeness (QED) is 0.656. The van der Waals surface area contributed by atoms with Gasteiger partial charge in [-0.2, -0.15) is 0 Å². The number of hydrogen-bond donors (Lipinski definition) is 1. The number of nitrogens with zero attached hydrogens (tertiary/aromatic N) is 1. The highest BCUT2D eigenvalue weighted by atomic mass is 79.9. The van der Waals surface area contributed by atoms with Crippen molar-refractivity contribution in [1.82, 2.24) is 0 Å². The average Bonchev–Trinajstić information content (AvgIpc) is 2.92. The largest absolute Gasteiger partial charge is 0.387 e. The lowest BCUT2D eigenvalue weighted by Gasteiger charge is -2.01. The van der Waals surface area contributed by atoms with Crippen molar-refractivity contribution >= 4 is 43.4 Å². The van der Waals surface area contributed by atoms with Crippen molar-refractivity contribution in [1.29, 1.82) is 0 Å². The van der Waals surface area contributed by atoms with Gasteiger partial charge in [0.15, 0.2) is 0 Å². The van der Waals surface area contributed by atoms with E-state index in [0.29, 0.717) is 5.92 Å². The second-order valence-electron chi connectivity index (χ2n) is 3.41. The summed E-state index contributed by atoms with van der Waals surface area (Å²) in [6.45, 7) is 0. The first kappa shape index (κ1) is 10.2. The molecule has 0 bridgehead atoms. The molecule has 1 aliphatic rings. The van der Waals surface area contributed by atoms with E-state index in [1.807, 2.05) is 18.2 Å². The van der Waals surface area contributed by atoms with E-state index >= 15 is 0 Å². The highest BCUT2D eigenvalue weighted by Gasteiger charge is 2.25. The van der Waals surface area contributed by atoms with Gasteiger partial charge < -0.3 is 5.73 Å². The molecule has 1 saturated carbocycles. The van der Waals surface area contributed by atoms with E-state index in [4.69, 9.17) is 5.73 Å². The molecule has 0 aromatic heterocycles. The molecular formula is C10H10Br2N2. The normalized spacial score (nSPS) is 17.1. The van der Waals surface area contributed by atoms with Crippen LogP contribution in [-0.4, -0.2) is 5.84 Å². The van der Waals surface area contributed by atoms with Crippen molar-refractivity contribution in [2.75, 3.05) is 0 Å². The van der Waals surface area contributed by atoms with Crippen LogP contribution in [-0.2, 0) is 0 Å². The third-order valence-electron chi connectivity index (χ3n) is 2.15. The molecule has 0 radical (unpaired) electrons. The zero-order valence-electron chi connectivity index (χ0n) is 7.50. The van der Waals surface area contributed by atoms with Gasteiger partial charge in [-0.05, 0) is 47.0 Å². The zero-order chi connectivity index (χ0) is 10.1. The second kappa shape index (κ2) is 4.03. The van der Waals surface area contributed by atoms with Gasteiger partial charge in [0.05, 0.1) is 5.69 Å². The lowest BCUT2D eigenvalue weighted by molar-refractivity contribution is 1.15. The summed E-state index contributed by atoms with van der Waals surface area (Å²) in [4.78, 5) is 4.39. The van der Waals surface area contributed by atoms with Crippen LogP contribution >= 0.6 is 31.9 Å². The van der Waals surface area contributed by atoms with Crippen LogP contribution in [0.5, 0.6) is 0 Å². The molecule has 2 rings (SSSR count). The molecule has 0 saturated heterocycles. The summed E-state index contributed by atoms with van der Waals surface area (Å²) in [5, 5.41) is 0. The summed E-state index contributed by atoms with van der Waals surface area (Å²) in [6, 6.07) is 5.88. The maximum atomic E-state index is 5.84. The fraction of sp³-hybridized carbons (Fsp3) is 0.300. The average molecular weight is 318 g/mol. The zero-order valence-corrected chi connectivity index (χ0v) is 10.7. The van der Waals surface area contributed by atoms with E-state index < -0.39 is 0 Å². The van der Waals surface area contributed by atoms with E-state index in [1.54, 1.807) is 0 Å². The summed E-state index contributed by atoms with van der Waals surface area (Å²) in [6.07, 6.45) is 2.37. The minimum absolute atomic E-state index is 0.519. The highest BCUT2D eigenvalue weighted by Crippen LogP contribution is 2.33. The molecular weight excluding hydrogens is 308 g/mol. The molecule has 1 aromatic carbocycles. The molecule has 0 atom stereocenters. The van der Waals surface area contributed by atoms with Crippen molar-refractivity contribution in [3.8, 4) is 0 Å². The molecule has 4 heteroatoms. The molecule has 0 aliphatic heterocycles. The van der Waals surface area contributed by atoms with Crippen molar-refractivity contribution < 1.29 is 0 Å². The fourth-order valence-corrected chi connectivity index (χ4v) is 2.32. The Morgan fingerprint density at radius 2 is 2.07 bits per heavy atom. The number of amidine groups is 1. The van der Waals surface area contributed by atoms with Gasteiger partial charge in [-0.15, -0.1) is 0 Å². The van der Waals surface area contributed by atoms with E-state index in [-0.39, 0.29) is 0 Å². The van der Waals surface area contributed by atoms with Gasteiger partial charge in [-0.3, -0.25) is 0 Å². The predicted molar refractivity (Wildman–Crippen MR) is 65.8 cm³/mol. The topological polar surface area (TPSA) is 38.4 Å². The van der Waals surface area contributed by atoms with E-state index in [2.05, 4.69) is 36.9 Å². The molecule has 2 N–H and O–H groups in total. The molecule has 0 unspecified atom stereocenters. The molecule has 2 nitrogen and oxygen atoms in total. The lowest BCUT2D eigenvalue weighted by atomic mass is 10.3. The van der Waals surface area contributed by atoms with Crippen molar-refractivity contribution in [3.63, 3.8) is 0 Å². The highest BCUT2D eigenvalue weighted by molar-refractivity contribution is 9.11. The van der Waals surface area contributed by atoms with Crippen molar-refractivity contribution in [2.45, 2.75) is 12.8 Å². The molecule has 1 aromatic rings. The van der Waals surface area contributed by atoms with Crippen LogP contribution in [0.3, 0.4) is 0 Å². The first-order valence-electron chi connectivity index (χ1n) is 4.46. The van der Waals surface area contributed by atoms with Crippen LogP contribution in [0.1, 0.15) is 12.8 Å². The number of nitrogens with two attached hydrogens (primary N) is 1. The number of benzene rings is 1. The molecule has 1 fully saturated rings. The summed E-state index contributed by atoms with van der Waals surface area (Å²) < 4.78 is 2.00. The van der Waals surface area contributed by atoms with Crippen LogP contribution < -0.4 is 5.73 Å². The summed E-state index contributed by atoms with van der Waals surface area (Å²) in [7, 11) is 0. The van der Waals surface area contributed by atoms with Crippen LogP contribution in [0.15, 0.2) is 32.1 Å². The minimum Gasteiger partial charge on any atom is -0.387 e. The fourth-order valence-electron chi connectivity index (χ4n) is 1.18. The Kier molecular flexibility index (Phi) is 2.93. The van der Waals surface area contributed by atoms with Gasteiger partial charge in [0.1, 0.15) is 5.84 Å². The van der Waals surface area contributed by atoms with Gasteiger partial charge in [0.2, 0.25) is 0 Å². The smallest absolute Gasteiger partial charge is 0.103 e. The van der Waals surface area contributed by atoms with Crippen molar-refractivity contribution in [3.05, 3.63) is 27.1 Å². The van der Waals surface area contributed by atoms with Crippen molar-refractivity contribution in [2.24, 2.45) is 16.6 Å². The van der Waals surface area contributed by atoms with Crippen LogP contribution in [0, 0.1) is 5.92 Å². The van der Waals surface area contributed by atoms with Gasteiger partial charge in [0, 0.05) is 14.9 Å². The molecule has 0 heterocycles. The Morgan fingerprint density at radius 1 is 1.36 bits per heavy atom. The number of hydrogen-bond acceptors (Lipinski definition) is 1. The molecule has 14 heavy (non-hydrogen) atoms. The third kappa shape index (κ3) is 2.36. The van der Waals surface area contributed by atoms with Crippen LogP contribution in [0.4, 0.5) is 5.69 Å². The van der Waals surface area contributed by atoms with E-state index in [0.717, 1.165) is 20.5 Å². The first-order valence-corrected chi connectivity index (χ1v) is 6.04. The van der Waals surface area contributed by atoms with Gasteiger partial charge in [-0.25, -0.2) is 4.99 Å². The van der Waals surface area contributed by atoms with Gasteiger partial charge in [-0.1, -0.05) is 15.9 Å². The summed E-state index contributed by atoms with van der Waals surface area (Å²) >= 11 is 6.85. The number of rotatable bonds is 2. The number of halogens is 2. The Balaban J connectivity index is 2.27. The Morgan fingerprint density at radius 3 is 2.64 bits per heavy atom. The Hall–Kier alpha value is -0.350. The van der Waals surface area contributed by atoms with Gasteiger partial charge >= 0.3 is 0 Å². The standard InChI is InChI=1S/C10H10Br2N2/c11-7-3-4-9(8(12)5-7)14-10(13)6-1-2-6/h3-6H,1-2H2,(H2,13,14). The van der Waals surface area contributed by atoms with Gasteiger partial charge in [0.25, 0.3) is 0 Å². The van der Waals surface area contributed by atoms with E-state index in [9.17, 15) is 0 Å². The molecule has 0 spiro atoms. The molecule has 1 aliphatic carbocycles. The second-order valence-corrected chi connectivity index (χ2v) is 5.18. The van der Waals surface area contributed by atoms with E-state index in [1.165, 1.54) is 12.8 Å². The molecule has 74 valence electrons. The van der Waals surface area contributed by atoms with Crippen LogP contribution in [0.25, 0.3) is 0 Å².